The van der Waals surface area contributed by atoms with Gasteiger partial charge in [-0.25, -0.2) is 0 Å². The Hall–Kier alpha value is -5.05. The molecule has 9 N–H and O–H groups in total. The topological polar surface area (TPSA) is 327 Å². The molecule has 0 rings (SSSR count). The molecule has 0 saturated carbocycles. The minimum absolute atomic E-state index is 0.00570. The molecule has 542 valence electrons. The second-order valence-electron chi connectivity index (χ2n) is 28.1. The number of hydrogen-bond donors (Lipinski definition) is 9. The van der Waals surface area contributed by atoms with Crippen LogP contribution in [-0.2, 0) is 76.3 Å². The summed E-state index contributed by atoms with van der Waals surface area (Å²) in [5.41, 5.74) is -2.93. The lowest BCUT2D eigenvalue weighted by atomic mass is 10.0. The van der Waals surface area contributed by atoms with Crippen LogP contribution in [0.2, 0.25) is 0 Å². The van der Waals surface area contributed by atoms with Crippen LogP contribution in [0.15, 0.2) is 0 Å². The van der Waals surface area contributed by atoms with Crippen molar-refractivity contribution in [2.45, 2.75) is 291 Å². The summed E-state index contributed by atoms with van der Waals surface area (Å²) < 4.78 is 42.0. The van der Waals surface area contributed by atoms with Crippen molar-refractivity contribution >= 4 is 53.2 Å². The Kier molecular flexibility index (Phi) is 45.2. The molecular formula is C68H129N9O16. The van der Waals surface area contributed by atoms with Crippen LogP contribution in [0.4, 0.5) is 0 Å². The molecule has 0 aliphatic carbocycles. The third-order valence-electron chi connectivity index (χ3n) is 15.4. The summed E-state index contributed by atoms with van der Waals surface area (Å²) >= 11 is 0. The minimum atomic E-state index is -0.874. The zero-order valence-corrected chi connectivity index (χ0v) is 60.6. The predicted octanol–water partition coefficient (Wildman–Crippen LogP) is 6.44. The van der Waals surface area contributed by atoms with Gasteiger partial charge in [0.15, 0.2) is 0 Å². The summed E-state index contributed by atoms with van der Waals surface area (Å²) in [6.45, 7) is 36.8. The molecular weight excluding hydrogens is 1200 g/mol. The Balaban J connectivity index is 5.42. The maximum absolute atomic E-state index is 13.8. The Morgan fingerprint density at radius 3 is 0.957 bits per heavy atom. The highest BCUT2D eigenvalue weighted by Gasteiger charge is 2.28. The van der Waals surface area contributed by atoms with Crippen LogP contribution < -0.4 is 47.9 Å². The zero-order valence-electron chi connectivity index (χ0n) is 60.6. The highest BCUT2D eigenvalue weighted by Crippen LogP contribution is 2.23. The summed E-state index contributed by atoms with van der Waals surface area (Å²) in [4.78, 5) is 113. The number of unbranched alkanes of at least 4 members (excludes halogenated alkanes) is 4. The van der Waals surface area contributed by atoms with E-state index < -0.39 is 45.7 Å². The van der Waals surface area contributed by atoms with Gasteiger partial charge in [0.05, 0.1) is 92.4 Å². The molecule has 25 nitrogen and oxygen atoms in total. The van der Waals surface area contributed by atoms with Gasteiger partial charge in [-0.3, -0.25) is 43.2 Å². The number of rotatable bonds is 57. The lowest BCUT2D eigenvalue weighted by molar-refractivity contribution is -0.131. The van der Waals surface area contributed by atoms with Gasteiger partial charge in [0.25, 0.3) is 0 Å². The molecule has 25 heteroatoms. The summed E-state index contributed by atoms with van der Waals surface area (Å²) in [7, 11) is 0. The summed E-state index contributed by atoms with van der Waals surface area (Å²) in [5, 5.41) is 25.8. The third-order valence-corrected chi connectivity index (χ3v) is 15.4. The SMILES string of the molecule is CC(=O)NCCC(C)(C)OCCC(C)(C)OCCC(=O)NCCCCCC(=O)N[C@@H](CCCCNC(=O)C(CCCCNC(=O)CCOC(C)(C)CCOC(C)(C)CCNC(C)=O)NC(=O)CCOC(C)(C)CCOC(C)(C)CCNC(C)=O)C(=O)NCCOC(C)C. The maximum Gasteiger partial charge on any atom is 0.242 e. The smallest absolute Gasteiger partial charge is 0.242 e. The molecule has 1 unspecified atom stereocenters. The Labute approximate surface area is 558 Å². The molecule has 9 amide bonds. The van der Waals surface area contributed by atoms with Crippen molar-refractivity contribution in [2.24, 2.45) is 0 Å². The van der Waals surface area contributed by atoms with Gasteiger partial charge >= 0.3 is 0 Å². The molecule has 0 aromatic rings. The third kappa shape index (κ3) is 52.9. The zero-order chi connectivity index (χ0) is 70.6. The first-order chi connectivity index (χ1) is 43.3. The Morgan fingerprint density at radius 1 is 0.301 bits per heavy atom. The van der Waals surface area contributed by atoms with Crippen LogP contribution in [0.3, 0.4) is 0 Å². The van der Waals surface area contributed by atoms with Crippen molar-refractivity contribution in [3.8, 4) is 0 Å². The first-order valence-corrected chi connectivity index (χ1v) is 34.2. The van der Waals surface area contributed by atoms with Crippen molar-refractivity contribution in [3.63, 3.8) is 0 Å². The Morgan fingerprint density at radius 2 is 0.602 bits per heavy atom. The van der Waals surface area contributed by atoms with E-state index in [-0.39, 0.29) is 118 Å². The fourth-order valence-electron chi connectivity index (χ4n) is 9.20. The molecule has 0 aromatic heterocycles. The van der Waals surface area contributed by atoms with E-state index >= 15 is 0 Å². The van der Waals surface area contributed by atoms with E-state index in [1.54, 1.807) is 0 Å². The van der Waals surface area contributed by atoms with Crippen LogP contribution in [-0.4, -0.2) is 197 Å². The lowest BCUT2D eigenvalue weighted by Gasteiger charge is -2.30. The van der Waals surface area contributed by atoms with Gasteiger partial charge in [-0.1, -0.05) is 6.42 Å². The molecule has 2 atom stereocenters. The number of hydrogen-bond acceptors (Lipinski definition) is 16. The predicted molar refractivity (Wildman–Crippen MR) is 361 cm³/mol. The number of ether oxygens (including phenoxy) is 7. The van der Waals surface area contributed by atoms with Gasteiger partial charge in [-0.2, -0.15) is 0 Å². The minimum Gasteiger partial charge on any atom is -0.377 e. The molecule has 0 aliphatic heterocycles. The molecule has 0 spiro atoms. The van der Waals surface area contributed by atoms with Crippen molar-refractivity contribution in [3.05, 3.63) is 0 Å². The number of amides is 9. The van der Waals surface area contributed by atoms with Gasteiger partial charge in [0, 0.05) is 85.8 Å². The van der Waals surface area contributed by atoms with Gasteiger partial charge in [0.2, 0.25) is 53.2 Å². The fourth-order valence-corrected chi connectivity index (χ4v) is 9.20. The van der Waals surface area contributed by atoms with Gasteiger partial charge in [-0.05, 0) is 187 Å². The van der Waals surface area contributed by atoms with Gasteiger partial charge < -0.3 is 81.0 Å². The monoisotopic (exact) mass is 1330 g/mol. The lowest BCUT2D eigenvalue weighted by Crippen LogP contribution is -2.48. The largest absolute Gasteiger partial charge is 0.377 e. The van der Waals surface area contributed by atoms with E-state index in [9.17, 15) is 43.2 Å². The van der Waals surface area contributed by atoms with Crippen LogP contribution in [0.1, 0.15) is 240 Å². The molecule has 0 saturated heterocycles. The van der Waals surface area contributed by atoms with E-state index in [2.05, 4.69) is 47.9 Å². The standard InChI is InChI=1S/C68H129N9O16/c1-51(2)87-50-43-75-62(86)56(76-59(83)27-19-18-22-37-72-57(81)28-44-88-66(12,13)34-47-91-63(6,7)31-40-69-52(3)78)26-21-24-39-74-61(85)55(77-60(84)30-46-90-68(16,17)36-49-93-65(10,11)33-42-71-54(5)80)25-20-23-38-73-58(82)29-45-89-67(14,15)35-48-92-64(8,9)32-41-70-53(4)79/h51,55-56H,18-50H2,1-17H3,(H,69,78)(H,70,79)(H,71,80)(H,72,81)(H,73,82)(H,74,85)(H,75,86)(H,76,83)(H,77,84)/t55?,56-/m0/s1. The van der Waals surface area contributed by atoms with E-state index in [1.165, 1.54) is 20.8 Å². The maximum atomic E-state index is 13.8. The summed E-state index contributed by atoms with van der Waals surface area (Å²) in [5.74, 6) is -1.90. The van der Waals surface area contributed by atoms with E-state index in [4.69, 9.17) is 33.2 Å². The molecule has 0 bridgehead atoms. The second-order valence-corrected chi connectivity index (χ2v) is 28.1. The van der Waals surface area contributed by atoms with E-state index in [0.717, 1.165) is 0 Å². The number of nitrogens with one attached hydrogen (secondary N) is 9. The first kappa shape index (κ1) is 88.0. The number of carbonyl (C=O) groups is 9. The van der Waals surface area contributed by atoms with E-state index in [1.807, 2.05) is 96.9 Å². The van der Waals surface area contributed by atoms with Crippen LogP contribution in [0, 0.1) is 0 Å². The molecule has 0 fully saturated rings. The van der Waals surface area contributed by atoms with E-state index in [0.29, 0.717) is 155 Å². The van der Waals surface area contributed by atoms with Crippen molar-refractivity contribution in [1.29, 1.82) is 0 Å². The highest BCUT2D eigenvalue weighted by molar-refractivity contribution is 5.88. The van der Waals surface area contributed by atoms with Crippen LogP contribution in [0.25, 0.3) is 0 Å². The summed E-state index contributed by atoms with van der Waals surface area (Å²) in [6.07, 6.45) is 8.86. The van der Waals surface area contributed by atoms with Gasteiger partial charge in [0.1, 0.15) is 12.1 Å². The number of carbonyl (C=O) groups excluding carboxylic acids is 9. The quantitative estimate of drug-likeness (QED) is 0.0296. The molecule has 93 heavy (non-hydrogen) atoms. The first-order valence-electron chi connectivity index (χ1n) is 34.2. The second kappa shape index (κ2) is 47.8. The average molecular weight is 1330 g/mol. The molecule has 0 aliphatic rings. The average Bonchev–Trinajstić information content (AvgIpc) is 1.79. The van der Waals surface area contributed by atoms with Crippen molar-refractivity contribution in [2.75, 3.05) is 92.1 Å². The molecule has 0 heterocycles. The van der Waals surface area contributed by atoms with Crippen LogP contribution >= 0.6 is 0 Å². The fraction of sp³-hybridized carbons (Fsp3) is 0.868. The normalized spacial score (nSPS) is 13.0. The summed E-state index contributed by atoms with van der Waals surface area (Å²) in [6, 6.07) is -1.70. The highest BCUT2D eigenvalue weighted by atomic mass is 16.5. The van der Waals surface area contributed by atoms with Crippen molar-refractivity contribution in [1.82, 2.24) is 47.9 Å². The molecule has 0 radical (unpaired) electrons. The molecule has 0 aromatic carbocycles. The van der Waals surface area contributed by atoms with Gasteiger partial charge in [-0.15, -0.1) is 0 Å². The van der Waals surface area contributed by atoms with Crippen LogP contribution in [0.5, 0.6) is 0 Å². The van der Waals surface area contributed by atoms with Crippen molar-refractivity contribution < 1.29 is 76.3 Å². The Bertz CT molecular complexity index is 2170.